The number of carbonyl (C=O) groups is 2. The van der Waals surface area contributed by atoms with Gasteiger partial charge in [-0.1, -0.05) is 36.4 Å². The van der Waals surface area contributed by atoms with Gasteiger partial charge in [-0.05, 0) is 69.1 Å². The largest absolute Gasteiger partial charge is 0.494 e. The van der Waals surface area contributed by atoms with Gasteiger partial charge in [0.15, 0.2) is 0 Å². The molecule has 11 heteroatoms. The lowest BCUT2D eigenvalue weighted by Gasteiger charge is -2.35. The lowest BCUT2D eigenvalue weighted by atomic mass is 9.79. The Kier molecular flexibility index (Phi) is 7.63. The molecule has 0 atom stereocenters. The van der Waals surface area contributed by atoms with Crippen LogP contribution < -0.4 is 11.0 Å². The molecule has 0 saturated carbocycles. The van der Waals surface area contributed by atoms with Gasteiger partial charge in [-0.25, -0.2) is 9.49 Å². The lowest BCUT2D eigenvalue weighted by Crippen LogP contribution is -2.50. The van der Waals surface area contributed by atoms with E-state index in [1.807, 2.05) is 52.0 Å². The van der Waals surface area contributed by atoms with E-state index in [1.54, 1.807) is 46.2 Å². The van der Waals surface area contributed by atoms with Crippen molar-refractivity contribution in [1.29, 1.82) is 0 Å². The summed E-state index contributed by atoms with van der Waals surface area (Å²) in [4.78, 5) is 42.0. The number of fused-ring (bicyclic) bond motifs is 1. The third kappa shape index (κ3) is 5.53. The summed E-state index contributed by atoms with van der Waals surface area (Å²) in [6.07, 6.45) is 0.313. The summed E-state index contributed by atoms with van der Waals surface area (Å²) in [5.74, 6) is -1.17. The maximum Gasteiger partial charge on any atom is 0.494 e. The third-order valence-electron chi connectivity index (χ3n) is 8.94. The highest BCUT2D eigenvalue weighted by atomic mass is 19.1. The van der Waals surface area contributed by atoms with Crippen molar-refractivity contribution in [3.63, 3.8) is 0 Å². The molecular formula is C33H34BFN4O5. The van der Waals surface area contributed by atoms with E-state index in [2.05, 4.69) is 10.2 Å². The summed E-state index contributed by atoms with van der Waals surface area (Å²) in [5, 5.41) is 7.93. The van der Waals surface area contributed by atoms with Crippen LogP contribution in [-0.4, -0.2) is 76.3 Å². The van der Waals surface area contributed by atoms with E-state index in [0.29, 0.717) is 47.1 Å². The number of carbonyl (C=O) groups excluding carboxylic acids is 2. The molecule has 2 saturated heterocycles. The van der Waals surface area contributed by atoms with Crippen LogP contribution in [0.25, 0.3) is 10.8 Å². The molecule has 3 aromatic carbocycles. The average molecular weight is 596 g/mol. The van der Waals surface area contributed by atoms with Gasteiger partial charge in [0.25, 0.3) is 17.4 Å². The van der Waals surface area contributed by atoms with Crippen LogP contribution in [0.4, 0.5) is 4.39 Å². The first kappa shape index (κ1) is 29.7. The lowest BCUT2D eigenvalue weighted by molar-refractivity contribution is 0.00578. The molecule has 2 fully saturated rings. The molecular weight excluding hydrogens is 562 g/mol. The van der Waals surface area contributed by atoms with Gasteiger partial charge >= 0.3 is 7.12 Å². The maximum atomic E-state index is 14.9. The van der Waals surface area contributed by atoms with Crippen LogP contribution in [0, 0.1) is 5.82 Å². The molecule has 0 bridgehead atoms. The normalized spacial score (nSPS) is 17.7. The van der Waals surface area contributed by atoms with Gasteiger partial charge in [-0.3, -0.25) is 14.4 Å². The maximum absolute atomic E-state index is 14.9. The molecule has 0 aliphatic carbocycles. The molecule has 0 unspecified atom stereocenters. The van der Waals surface area contributed by atoms with Gasteiger partial charge in [0.2, 0.25) is 0 Å². The van der Waals surface area contributed by atoms with Crippen LogP contribution >= 0.6 is 0 Å². The zero-order valence-corrected chi connectivity index (χ0v) is 25.2. The number of hydrogen-bond donors (Lipinski definition) is 1. The van der Waals surface area contributed by atoms with Crippen molar-refractivity contribution >= 4 is 35.2 Å². The number of H-pyrrole nitrogens is 1. The minimum atomic E-state index is -0.612. The van der Waals surface area contributed by atoms with E-state index in [0.717, 1.165) is 5.46 Å². The van der Waals surface area contributed by atoms with Gasteiger partial charge < -0.3 is 19.1 Å². The van der Waals surface area contributed by atoms with Crippen molar-refractivity contribution in [2.24, 2.45) is 0 Å². The molecule has 44 heavy (non-hydrogen) atoms. The fourth-order valence-corrected chi connectivity index (χ4v) is 5.57. The summed E-state index contributed by atoms with van der Waals surface area (Å²) in [6.45, 7) is 9.21. The van der Waals surface area contributed by atoms with Crippen molar-refractivity contribution in [3.8, 4) is 0 Å². The number of nitrogens with one attached hydrogen (secondary N) is 1. The van der Waals surface area contributed by atoms with E-state index >= 15 is 0 Å². The number of amides is 2. The van der Waals surface area contributed by atoms with E-state index in [9.17, 15) is 18.8 Å². The molecule has 0 spiro atoms. The summed E-state index contributed by atoms with van der Waals surface area (Å²) < 4.78 is 27.1. The van der Waals surface area contributed by atoms with Crippen molar-refractivity contribution in [1.82, 2.24) is 20.0 Å². The number of piperazine rings is 1. The Morgan fingerprint density at radius 2 is 1.45 bits per heavy atom. The predicted molar refractivity (Wildman–Crippen MR) is 166 cm³/mol. The zero-order chi connectivity index (χ0) is 31.2. The number of aromatic amines is 1. The SMILES string of the molecule is CC1(C)OB(c2ccc(C(=O)N3CCN(C(=O)c4cc(Cc5n[nH]c(=O)c6ccccc56)ccc4F)CC3)cc2)OC1(C)C. The van der Waals surface area contributed by atoms with Crippen LogP contribution in [0.15, 0.2) is 71.5 Å². The van der Waals surface area contributed by atoms with Crippen LogP contribution in [0.3, 0.4) is 0 Å². The number of halogens is 1. The molecule has 2 amide bonds. The van der Waals surface area contributed by atoms with Crippen molar-refractivity contribution < 1.29 is 23.3 Å². The Bertz CT molecular complexity index is 1780. The molecule has 6 rings (SSSR count). The minimum absolute atomic E-state index is 0.0331. The smallest absolute Gasteiger partial charge is 0.399 e. The molecule has 0 radical (unpaired) electrons. The Morgan fingerprint density at radius 1 is 0.864 bits per heavy atom. The van der Waals surface area contributed by atoms with Crippen LogP contribution in [0.2, 0.25) is 0 Å². The molecule has 1 N–H and O–H groups in total. The first-order valence-corrected chi connectivity index (χ1v) is 14.7. The number of nitrogens with zero attached hydrogens (tertiary/aromatic N) is 3. The first-order valence-electron chi connectivity index (χ1n) is 14.7. The second kappa shape index (κ2) is 11.3. The highest BCUT2D eigenvalue weighted by Gasteiger charge is 2.51. The van der Waals surface area contributed by atoms with Crippen LogP contribution in [0.1, 0.15) is 59.7 Å². The monoisotopic (exact) mass is 596 g/mol. The summed E-state index contributed by atoms with van der Waals surface area (Å²) >= 11 is 0. The molecule has 1 aromatic heterocycles. The van der Waals surface area contributed by atoms with E-state index < -0.39 is 30.0 Å². The fraction of sp³-hybridized carbons (Fsp3) is 0.333. The van der Waals surface area contributed by atoms with Gasteiger partial charge in [0.05, 0.1) is 27.8 Å². The minimum Gasteiger partial charge on any atom is -0.399 e. The number of aromatic nitrogens is 2. The molecule has 2 aliphatic rings. The molecule has 3 heterocycles. The average Bonchev–Trinajstić information content (AvgIpc) is 3.25. The van der Waals surface area contributed by atoms with Crippen LogP contribution in [0.5, 0.6) is 0 Å². The Hall–Kier alpha value is -4.35. The van der Waals surface area contributed by atoms with E-state index in [1.165, 1.54) is 6.07 Å². The predicted octanol–water partition coefficient (Wildman–Crippen LogP) is 3.55. The van der Waals surface area contributed by atoms with Crippen LogP contribution in [-0.2, 0) is 15.7 Å². The van der Waals surface area contributed by atoms with Crippen molar-refractivity contribution in [2.45, 2.75) is 45.3 Å². The van der Waals surface area contributed by atoms with Gasteiger partial charge in [-0.15, -0.1) is 0 Å². The molecule has 9 nitrogen and oxygen atoms in total. The quantitative estimate of drug-likeness (QED) is 0.354. The number of rotatable bonds is 5. The highest BCUT2D eigenvalue weighted by Crippen LogP contribution is 2.36. The third-order valence-corrected chi connectivity index (χ3v) is 8.94. The Morgan fingerprint density at radius 3 is 2.09 bits per heavy atom. The summed E-state index contributed by atoms with van der Waals surface area (Å²) in [7, 11) is -0.509. The zero-order valence-electron chi connectivity index (χ0n) is 25.2. The van der Waals surface area contributed by atoms with Gasteiger partial charge in [0, 0.05) is 43.5 Å². The van der Waals surface area contributed by atoms with Gasteiger partial charge in [-0.2, -0.15) is 5.10 Å². The Balaban J connectivity index is 1.10. The highest BCUT2D eigenvalue weighted by molar-refractivity contribution is 6.62. The second-order valence-electron chi connectivity index (χ2n) is 12.3. The second-order valence-corrected chi connectivity index (χ2v) is 12.3. The van der Waals surface area contributed by atoms with Crippen molar-refractivity contribution in [3.05, 3.63) is 105 Å². The Labute approximate surface area is 255 Å². The fourth-order valence-electron chi connectivity index (χ4n) is 5.57. The summed E-state index contributed by atoms with van der Waals surface area (Å²) in [5.41, 5.74) is 1.46. The van der Waals surface area contributed by atoms with E-state index in [-0.39, 0.29) is 30.1 Å². The van der Waals surface area contributed by atoms with E-state index in [4.69, 9.17) is 9.31 Å². The number of hydrogen-bond acceptors (Lipinski definition) is 6. The van der Waals surface area contributed by atoms with Gasteiger partial charge in [0.1, 0.15) is 5.82 Å². The van der Waals surface area contributed by atoms with Crippen molar-refractivity contribution in [2.75, 3.05) is 26.2 Å². The topological polar surface area (TPSA) is 105 Å². The molecule has 4 aromatic rings. The summed E-state index contributed by atoms with van der Waals surface area (Å²) in [6, 6.07) is 18.8. The number of benzene rings is 3. The first-order chi connectivity index (χ1) is 20.9. The molecule has 2 aliphatic heterocycles. The standard InChI is InChI=1S/C33H34BFN4O5/c1-32(2)33(3,4)44-34(43-32)23-12-10-22(11-13-23)30(41)38-15-17-39(18-16-38)31(42)26-19-21(9-14-27(26)35)20-28-24-7-5-6-8-25(24)29(40)37-36-28/h5-14,19H,15-18,20H2,1-4H3,(H,37,40). The molecule has 226 valence electrons.